The molecule has 1 heterocycles. The van der Waals surface area contributed by atoms with Crippen LogP contribution in [0, 0.1) is 6.92 Å². The molecule has 0 bridgehead atoms. The first kappa shape index (κ1) is 13.6. The maximum Gasteiger partial charge on any atom is 0.322 e. The summed E-state index contributed by atoms with van der Waals surface area (Å²) < 4.78 is 4.93. The summed E-state index contributed by atoms with van der Waals surface area (Å²) in [5.74, 6) is -0.249. The smallest absolute Gasteiger partial charge is 0.322 e. The van der Waals surface area contributed by atoms with Gasteiger partial charge in [0.15, 0.2) is 0 Å². The molecule has 94 valence electrons. The highest BCUT2D eigenvalue weighted by atomic mass is 16.5. The molecule has 2 unspecified atom stereocenters. The Morgan fingerprint density at radius 1 is 1.41 bits per heavy atom. The van der Waals surface area contributed by atoms with Crippen LogP contribution in [-0.2, 0) is 9.53 Å². The maximum atomic E-state index is 11.5. The Morgan fingerprint density at radius 2 is 2.06 bits per heavy atom. The van der Waals surface area contributed by atoms with E-state index in [0.29, 0.717) is 6.61 Å². The van der Waals surface area contributed by atoms with E-state index < -0.39 is 0 Å². The van der Waals surface area contributed by atoms with Gasteiger partial charge in [0, 0.05) is 18.4 Å². The molecule has 1 aromatic heterocycles. The summed E-state index contributed by atoms with van der Waals surface area (Å²) in [5, 5.41) is 3.14. The molecule has 1 aromatic rings. The van der Waals surface area contributed by atoms with Crippen LogP contribution in [0.3, 0.4) is 0 Å². The van der Waals surface area contributed by atoms with E-state index in [1.54, 1.807) is 26.2 Å². The fourth-order valence-electron chi connectivity index (χ4n) is 1.63. The van der Waals surface area contributed by atoms with Gasteiger partial charge in [-0.1, -0.05) is 0 Å². The predicted octanol–water partition coefficient (Wildman–Crippen LogP) is 1.39. The Hall–Kier alpha value is -1.49. The predicted molar refractivity (Wildman–Crippen MR) is 64.4 cm³/mol. The number of aromatic nitrogens is 2. The van der Waals surface area contributed by atoms with Crippen molar-refractivity contribution in [1.82, 2.24) is 15.3 Å². The molecular weight excluding hydrogens is 218 g/mol. The van der Waals surface area contributed by atoms with Gasteiger partial charge in [-0.05, 0) is 27.7 Å². The van der Waals surface area contributed by atoms with Gasteiger partial charge < -0.3 is 4.74 Å². The van der Waals surface area contributed by atoms with Crippen molar-refractivity contribution >= 4 is 5.97 Å². The molecule has 17 heavy (non-hydrogen) atoms. The third-order valence-corrected chi connectivity index (χ3v) is 2.47. The number of nitrogens with zero attached hydrogens (tertiary/aromatic N) is 2. The van der Waals surface area contributed by atoms with E-state index in [9.17, 15) is 4.79 Å². The third-order valence-electron chi connectivity index (χ3n) is 2.47. The van der Waals surface area contributed by atoms with Crippen LogP contribution in [0.1, 0.15) is 38.2 Å². The monoisotopic (exact) mass is 237 g/mol. The van der Waals surface area contributed by atoms with Crippen LogP contribution in [0.5, 0.6) is 0 Å². The normalized spacial score (nSPS) is 14.1. The standard InChI is InChI=1S/C12H19N3O2/c1-5-17-12(16)10(4)15-9(3)11-8(2)13-6-7-14-11/h6-7,9-10,15H,5H2,1-4H3. The van der Waals surface area contributed by atoms with Gasteiger partial charge in [-0.25, -0.2) is 0 Å². The van der Waals surface area contributed by atoms with Gasteiger partial charge in [-0.15, -0.1) is 0 Å². The number of aryl methyl sites for hydroxylation is 1. The summed E-state index contributed by atoms with van der Waals surface area (Å²) in [6, 6.07) is -0.394. The molecule has 0 amide bonds. The fraction of sp³-hybridized carbons (Fsp3) is 0.583. The molecule has 1 rings (SSSR count). The highest BCUT2D eigenvalue weighted by Gasteiger charge is 2.18. The molecule has 0 fully saturated rings. The molecule has 0 aliphatic carbocycles. The lowest BCUT2D eigenvalue weighted by molar-refractivity contribution is -0.145. The van der Waals surface area contributed by atoms with Gasteiger partial charge in [0.2, 0.25) is 0 Å². The number of carbonyl (C=O) groups excluding carboxylic acids is 1. The molecule has 5 nitrogen and oxygen atoms in total. The molecule has 2 atom stereocenters. The average Bonchev–Trinajstić information content (AvgIpc) is 2.29. The number of esters is 1. The van der Waals surface area contributed by atoms with E-state index in [0.717, 1.165) is 11.4 Å². The quantitative estimate of drug-likeness (QED) is 0.784. The first-order valence-electron chi connectivity index (χ1n) is 5.76. The summed E-state index contributed by atoms with van der Waals surface area (Å²) in [5.41, 5.74) is 1.72. The van der Waals surface area contributed by atoms with Gasteiger partial charge in [0.05, 0.1) is 18.0 Å². The zero-order valence-corrected chi connectivity index (χ0v) is 10.7. The van der Waals surface area contributed by atoms with Crippen molar-refractivity contribution in [3.05, 3.63) is 23.8 Å². The minimum Gasteiger partial charge on any atom is -0.465 e. The molecule has 0 aliphatic rings. The van der Waals surface area contributed by atoms with Crippen LogP contribution >= 0.6 is 0 Å². The van der Waals surface area contributed by atoms with Crippen molar-refractivity contribution in [2.75, 3.05) is 6.61 Å². The number of carbonyl (C=O) groups is 1. The lowest BCUT2D eigenvalue weighted by Gasteiger charge is -2.19. The largest absolute Gasteiger partial charge is 0.465 e. The van der Waals surface area contributed by atoms with E-state index >= 15 is 0 Å². The van der Waals surface area contributed by atoms with Crippen LogP contribution in [0.25, 0.3) is 0 Å². The number of hydrogen-bond acceptors (Lipinski definition) is 5. The van der Waals surface area contributed by atoms with Gasteiger partial charge in [-0.3, -0.25) is 20.1 Å². The van der Waals surface area contributed by atoms with Crippen LogP contribution < -0.4 is 5.32 Å². The summed E-state index contributed by atoms with van der Waals surface area (Å²) in [6.45, 7) is 7.81. The van der Waals surface area contributed by atoms with Gasteiger partial charge in [0.1, 0.15) is 6.04 Å². The van der Waals surface area contributed by atoms with E-state index in [2.05, 4.69) is 15.3 Å². The number of hydrogen-bond donors (Lipinski definition) is 1. The van der Waals surface area contributed by atoms with E-state index in [1.807, 2.05) is 13.8 Å². The summed E-state index contributed by atoms with van der Waals surface area (Å²) in [4.78, 5) is 19.9. The van der Waals surface area contributed by atoms with E-state index in [-0.39, 0.29) is 18.1 Å². The molecule has 0 radical (unpaired) electrons. The second-order valence-corrected chi connectivity index (χ2v) is 3.89. The first-order valence-corrected chi connectivity index (χ1v) is 5.76. The number of ether oxygens (including phenoxy) is 1. The highest BCUT2D eigenvalue weighted by Crippen LogP contribution is 2.12. The maximum absolute atomic E-state index is 11.5. The average molecular weight is 237 g/mol. The van der Waals surface area contributed by atoms with Crippen molar-refractivity contribution in [3.63, 3.8) is 0 Å². The Morgan fingerprint density at radius 3 is 2.65 bits per heavy atom. The molecular formula is C12H19N3O2. The summed E-state index contributed by atoms with van der Waals surface area (Å²) >= 11 is 0. The lowest BCUT2D eigenvalue weighted by Crippen LogP contribution is -2.37. The van der Waals surface area contributed by atoms with Crippen LogP contribution in [0.2, 0.25) is 0 Å². The molecule has 1 N–H and O–H groups in total. The highest BCUT2D eigenvalue weighted by molar-refractivity contribution is 5.75. The van der Waals surface area contributed by atoms with Crippen molar-refractivity contribution in [2.45, 2.75) is 39.8 Å². The Bertz CT molecular complexity index is 382. The van der Waals surface area contributed by atoms with Crippen molar-refractivity contribution in [2.24, 2.45) is 0 Å². The van der Waals surface area contributed by atoms with E-state index in [4.69, 9.17) is 4.74 Å². The number of rotatable bonds is 5. The lowest BCUT2D eigenvalue weighted by atomic mass is 10.1. The molecule has 0 spiro atoms. The van der Waals surface area contributed by atoms with Crippen molar-refractivity contribution < 1.29 is 9.53 Å². The van der Waals surface area contributed by atoms with Crippen LogP contribution in [0.4, 0.5) is 0 Å². The minimum atomic E-state index is -0.355. The Labute approximate surface area is 102 Å². The summed E-state index contributed by atoms with van der Waals surface area (Å²) in [6.07, 6.45) is 3.30. The second-order valence-electron chi connectivity index (χ2n) is 3.89. The zero-order valence-electron chi connectivity index (χ0n) is 10.7. The van der Waals surface area contributed by atoms with E-state index in [1.165, 1.54) is 0 Å². The topological polar surface area (TPSA) is 64.1 Å². The van der Waals surface area contributed by atoms with Crippen molar-refractivity contribution in [1.29, 1.82) is 0 Å². The van der Waals surface area contributed by atoms with Crippen LogP contribution in [-0.4, -0.2) is 28.6 Å². The molecule has 0 aliphatic heterocycles. The zero-order chi connectivity index (χ0) is 12.8. The molecule has 5 heteroatoms. The third kappa shape index (κ3) is 3.78. The van der Waals surface area contributed by atoms with Crippen molar-refractivity contribution in [3.8, 4) is 0 Å². The molecule has 0 saturated carbocycles. The molecule has 0 saturated heterocycles. The molecule has 0 aromatic carbocycles. The van der Waals surface area contributed by atoms with Crippen LogP contribution in [0.15, 0.2) is 12.4 Å². The minimum absolute atomic E-state index is 0.0388. The SMILES string of the molecule is CCOC(=O)C(C)NC(C)c1nccnc1C. The number of nitrogens with one attached hydrogen (secondary N) is 1. The second kappa shape index (κ2) is 6.30. The van der Waals surface area contributed by atoms with Gasteiger partial charge >= 0.3 is 5.97 Å². The van der Waals surface area contributed by atoms with Gasteiger partial charge in [-0.2, -0.15) is 0 Å². The summed E-state index contributed by atoms with van der Waals surface area (Å²) in [7, 11) is 0. The Kier molecular flexibility index (Phi) is 5.03. The van der Waals surface area contributed by atoms with Gasteiger partial charge in [0.25, 0.3) is 0 Å². The Balaban J connectivity index is 2.63. The first-order chi connectivity index (χ1) is 8.06. The fourth-order valence-corrected chi connectivity index (χ4v) is 1.63.